The summed E-state index contributed by atoms with van der Waals surface area (Å²) in [7, 11) is -2.74. The Morgan fingerprint density at radius 1 is 0.926 bits per heavy atom. The van der Waals surface area contributed by atoms with E-state index in [1.54, 1.807) is 0 Å². The van der Waals surface area contributed by atoms with Crippen LogP contribution in [0.4, 0.5) is 0 Å². The van der Waals surface area contributed by atoms with Crippen molar-refractivity contribution in [2.45, 2.75) is 71.1 Å². The summed E-state index contributed by atoms with van der Waals surface area (Å²) in [6, 6.07) is 0. The summed E-state index contributed by atoms with van der Waals surface area (Å²) in [6.45, 7) is 2.38. The second-order valence-electron chi connectivity index (χ2n) is 6.73. The van der Waals surface area contributed by atoms with Crippen LogP contribution in [0.2, 0.25) is 0 Å². The molecule has 0 radical (unpaired) electrons. The van der Waals surface area contributed by atoms with Gasteiger partial charge in [0.05, 0.1) is 12.4 Å². The third-order valence-corrected chi connectivity index (χ3v) is 4.86. The van der Waals surface area contributed by atoms with Crippen molar-refractivity contribution in [1.82, 2.24) is 4.90 Å². The van der Waals surface area contributed by atoms with Gasteiger partial charge in [-0.3, -0.25) is 9.35 Å². The maximum absolute atomic E-state index is 11.7. The Labute approximate surface area is 163 Å². The molecule has 0 aromatic carbocycles. The molecule has 7 nitrogen and oxygen atoms in total. The number of hydrogen-bond donors (Lipinski definition) is 1. The molecule has 0 aromatic heterocycles. The molecule has 0 unspecified atom stereocenters. The fourth-order valence-corrected chi connectivity index (χ4v) is 2.94. The first-order valence-electron chi connectivity index (χ1n) is 9.81. The number of unbranched alkanes of at least 4 members (excludes halogenated alkanes) is 9. The van der Waals surface area contributed by atoms with Crippen LogP contribution in [0.25, 0.3) is 0 Å². The van der Waals surface area contributed by atoms with E-state index in [9.17, 15) is 18.0 Å². The van der Waals surface area contributed by atoms with E-state index in [1.807, 2.05) is 0 Å². The molecule has 1 amide bonds. The molecule has 1 N–H and O–H groups in total. The number of rotatable bonds is 16. The largest absolute Gasteiger partial charge is 0.463 e. The van der Waals surface area contributed by atoms with Gasteiger partial charge in [0.25, 0.3) is 10.1 Å². The van der Waals surface area contributed by atoms with Crippen LogP contribution in [0.15, 0.2) is 12.2 Å². The monoisotopic (exact) mass is 405 g/mol. The third-order valence-electron chi connectivity index (χ3n) is 4.17. The Hall–Kier alpha value is -1.41. The van der Waals surface area contributed by atoms with Crippen LogP contribution in [0.3, 0.4) is 0 Å². The summed E-state index contributed by atoms with van der Waals surface area (Å²) < 4.78 is 34.9. The Balaban J connectivity index is 3.67. The van der Waals surface area contributed by atoms with Crippen LogP contribution < -0.4 is 0 Å². The van der Waals surface area contributed by atoms with Gasteiger partial charge in [0.2, 0.25) is 5.91 Å². The predicted octanol–water partition coefficient (Wildman–Crippen LogP) is 3.35. The average molecular weight is 406 g/mol. The molecule has 0 aliphatic carbocycles. The summed E-state index contributed by atoms with van der Waals surface area (Å²) in [5.41, 5.74) is 0. The molecule has 0 rings (SSSR count). The van der Waals surface area contributed by atoms with Crippen LogP contribution in [0.1, 0.15) is 71.1 Å². The van der Waals surface area contributed by atoms with E-state index in [0.717, 1.165) is 36.3 Å². The van der Waals surface area contributed by atoms with Crippen LogP contribution in [0.5, 0.6) is 0 Å². The second-order valence-corrected chi connectivity index (χ2v) is 8.30. The highest BCUT2D eigenvalue weighted by Crippen LogP contribution is 2.10. The number of esters is 1. The lowest BCUT2D eigenvalue weighted by Gasteiger charge is -2.13. The van der Waals surface area contributed by atoms with Gasteiger partial charge in [-0.25, -0.2) is 4.79 Å². The van der Waals surface area contributed by atoms with Crippen molar-refractivity contribution >= 4 is 22.0 Å². The molecular formula is C19H35NO6S. The van der Waals surface area contributed by atoms with Gasteiger partial charge >= 0.3 is 5.97 Å². The molecule has 0 fully saturated rings. The van der Waals surface area contributed by atoms with Crippen molar-refractivity contribution in [3.63, 3.8) is 0 Å². The lowest BCUT2D eigenvalue weighted by molar-refractivity contribution is -0.138. The Kier molecular flexibility index (Phi) is 14.8. The van der Waals surface area contributed by atoms with E-state index in [-0.39, 0.29) is 6.54 Å². The minimum atomic E-state index is -4.12. The maximum atomic E-state index is 11.7. The molecule has 0 saturated heterocycles. The smallest absolute Gasteiger partial charge is 0.330 e. The van der Waals surface area contributed by atoms with Gasteiger partial charge in [0.15, 0.2) is 0 Å². The van der Waals surface area contributed by atoms with Crippen LogP contribution in [-0.4, -0.2) is 55.7 Å². The number of amides is 1. The Morgan fingerprint density at radius 2 is 1.44 bits per heavy atom. The average Bonchev–Trinajstić information content (AvgIpc) is 2.61. The summed E-state index contributed by atoms with van der Waals surface area (Å²) in [5.74, 6) is -1.68. The number of ether oxygens (including phenoxy) is 1. The van der Waals surface area contributed by atoms with Gasteiger partial charge in [-0.15, -0.1) is 0 Å². The van der Waals surface area contributed by atoms with Crippen molar-refractivity contribution in [2.75, 3.05) is 26.0 Å². The fourth-order valence-electron chi connectivity index (χ4n) is 2.44. The zero-order chi connectivity index (χ0) is 20.5. The summed E-state index contributed by atoms with van der Waals surface area (Å²) >= 11 is 0. The SMILES string of the molecule is CCCCCCCCCCCCOC(=O)/C=C/C(=O)N(C)CCS(=O)(=O)O. The first-order valence-corrected chi connectivity index (χ1v) is 11.4. The number of likely N-dealkylation sites (N-methyl/N-ethyl adjacent to an activating group) is 1. The van der Waals surface area contributed by atoms with E-state index in [0.29, 0.717) is 6.61 Å². The first kappa shape index (κ1) is 25.6. The number of hydrogen-bond acceptors (Lipinski definition) is 5. The van der Waals surface area contributed by atoms with Gasteiger partial charge < -0.3 is 9.64 Å². The van der Waals surface area contributed by atoms with Crippen LogP contribution >= 0.6 is 0 Å². The zero-order valence-electron chi connectivity index (χ0n) is 16.7. The molecule has 0 spiro atoms. The lowest BCUT2D eigenvalue weighted by Crippen LogP contribution is -2.30. The number of carbonyl (C=O) groups excluding carboxylic acids is 2. The molecule has 0 bridgehead atoms. The summed E-state index contributed by atoms with van der Waals surface area (Å²) in [6.07, 6.45) is 14.0. The second kappa shape index (κ2) is 15.6. The molecular weight excluding hydrogens is 370 g/mol. The van der Waals surface area contributed by atoms with E-state index >= 15 is 0 Å². The molecule has 0 aliphatic heterocycles. The van der Waals surface area contributed by atoms with Gasteiger partial charge in [-0.2, -0.15) is 8.42 Å². The predicted molar refractivity (Wildman–Crippen MR) is 106 cm³/mol. The van der Waals surface area contributed by atoms with E-state index < -0.39 is 27.7 Å². The molecule has 0 aromatic rings. The van der Waals surface area contributed by atoms with Gasteiger partial charge in [0.1, 0.15) is 0 Å². The van der Waals surface area contributed by atoms with Crippen molar-refractivity contribution in [3.8, 4) is 0 Å². The Bertz CT molecular complexity index is 544. The molecule has 0 saturated carbocycles. The first-order chi connectivity index (χ1) is 12.8. The molecule has 27 heavy (non-hydrogen) atoms. The minimum Gasteiger partial charge on any atom is -0.463 e. The van der Waals surface area contributed by atoms with Crippen molar-refractivity contribution in [3.05, 3.63) is 12.2 Å². The van der Waals surface area contributed by atoms with Crippen molar-refractivity contribution < 1.29 is 27.3 Å². The van der Waals surface area contributed by atoms with Crippen LogP contribution in [-0.2, 0) is 24.4 Å². The fraction of sp³-hybridized carbons (Fsp3) is 0.789. The molecule has 158 valence electrons. The topological polar surface area (TPSA) is 101 Å². The molecule has 0 heterocycles. The van der Waals surface area contributed by atoms with E-state index in [2.05, 4.69) is 6.92 Å². The highest BCUT2D eigenvalue weighted by Gasteiger charge is 2.10. The van der Waals surface area contributed by atoms with E-state index in [1.165, 1.54) is 52.0 Å². The number of carbonyl (C=O) groups is 2. The molecule has 8 heteroatoms. The van der Waals surface area contributed by atoms with Gasteiger partial charge in [-0.1, -0.05) is 64.7 Å². The molecule has 0 aliphatic rings. The maximum Gasteiger partial charge on any atom is 0.330 e. The van der Waals surface area contributed by atoms with Crippen molar-refractivity contribution in [2.24, 2.45) is 0 Å². The van der Waals surface area contributed by atoms with Gasteiger partial charge in [-0.05, 0) is 6.42 Å². The molecule has 0 atom stereocenters. The standard InChI is InChI=1S/C19H35NO6S/c1-3-4-5-6-7-8-9-10-11-12-16-26-19(22)14-13-18(21)20(2)15-17-27(23,24)25/h13-14H,3-12,15-17H2,1-2H3,(H,23,24,25)/b14-13+. The quantitative estimate of drug-likeness (QED) is 0.183. The third kappa shape index (κ3) is 17.7. The highest BCUT2D eigenvalue weighted by atomic mass is 32.2. The lowest BCUT2D eigenvalue weighted by atomic mass is 10.1. The highest BCUT2D eigenvalue weighted by molar-refractivity contribution is 7.85. The minimum absolute atomic E-state index is 0.157. The van der Waals surface area contributed by atoms with Crippen LogP contribution in [0, 0.1) is 0 Å². The summed E-state index contributed by atoms with van der Waals surface area (Å²) in [4.78, 5) is 24.3. The Morgan fingerprint density at radius 3 is 1.96 bits per heavy atom. The normalized spacial score (nSPS) is 11.7. The summed E-state index contributed by atoms with van der Waals surface area (Å²) in [5, 5.41) is 0. The van der Waals surface area contributed by atoms with Crippen molar-refractivity contribution in [1.29, 1.82) is 0 Å². The van der Waals surface area contributed by atoms with Gasteiger partial charge in [0, 0.05) is 25.7 Å². The number of nitrogens with zero attached hydrogens (tertiary/aromatic N) is 1. The van der Waals surface area contributed by atoms with E-state index in [4.69, 9.17) is 9.29 Å². The zero-order valence-corrected chi connectivity index (χ0v) is 17.5.